The molecule has 1 aliphatic carbocycles. The fraction of sp³-hybridized carbons (Fsp3) is 0.464. The molecule has 1 aliphatic heterocycles. The molecule has 1 fully saturated rings. The maximum Gasteiger partial charge on any atom is 0.407 e. The van der Waals surface area contributed by atoms with Crippen LogP contribution in [0.25, 0.3) is 11.1 Å². The van der Waals surface area contributed by atoms with Crippen LogP contribution in [-0.4, -0.2) is 53.7 Å². The summed E-state index contributed by atoms with van der Waals surface area (Å²) in [6.45, 7) is 6.63. The Morgan fingerprint density at radius 1 is 1.06 bits per heavy atom. The summed E-state index contributed by atoms with van der Waals surface area (Å²) in [5, 5.41) is 12.1. The Bertz CT molecular complexity index is 1050. The molecule has 2 N–H and O–H groups in total. The molecule has 35 heavy (non-hydrogen) atoms. The van der Waals surface area contributed by atoms with Crippen LogP contribution in [0, 0.1) is 17.8 Å². The van der Waals surface area contributed by atoms with Crippen molar-refractivity contribution in [2.45, 2.75) is 45.6 Å². The van der Waals surface area contributed by atoms with Gasteiger partial charge in [0.05, 0.1) is 11.8 Å². The van der Waals surface area contributed by atoms with Gasteiger partial charge in [-0.3, -0.25) is 9.59 Å². The number of ether oxygens (including phenoxy) is 1. The van der Waals surface area contributed by atoms with E-state index in [4.69, 9.17) is 4.74 Å². The summed E-state index contributed by atoms with van der Waals surface area (Å²) >= 11 is 0. The number of fused-ring (bicyclic) bond motifs is 3. The lowest BCUT2D eigenvalue weighted by Gasteiger charge is -2.39. The van der Waals surface area contributed by atoms with E-state index in [9.17, 15) is 19.5 Å². The van der Waals surface area contributed by atoms with Gasteiger partial charge in [-0.1, -0.05) is 62.4 Å². The average Bonchev–Trinajstić information content (AvgIpc) is 3.16. The SMILES string of the molecule is CC(C)C(CNC(=O)OCC1c2ccccc2-c2ccccc21)C(=O)N1CCC(C(=O)O)CC1C. The van der Waals surface area contributed by atoms with Gasteiger partial charge in [0.25, 0.3) is 0 Å². The van der Waals surface area contributed by atoms with E-state index >= 15 is 0 Å². The molecular weight excluding hydrogens is 444 g/mol. The highest BCUT2D eigenvalue weighted by atomic mass is 16.5. The molecule has 3 atom stereocenters. The highest BCUT2D eigenvalue weighted by Crippen LogP contribution is 2.44. The number of aliphatic carboxylic acids is 1. The lowest BCUT2D eigenvalue weighted by Crippen LogP contribution is -2.51. The van der Waals surface area contributed by atoms with E-state index in [0.717, 1.165) is 11.1 Å². The summed E-state index contributed by atoms with van der Waals surface area (Å²) in [7, 11) is 0. The van der Waals surface area contributed by atoms with Crippen molar-refractivity contribution in [3.05, 3.63) is 59.7 Å². The smallest absolute Gasteiger partial charge is 0.407 e. The molecule has 0 spiro atoms. The minimum atomic E-state index is -0.804. The number of carbonyl (C=O) groups excluding carboxylic acids is 2. The number of hydrogen-bond donors (Lipinski definition) is 2. The van der Waals surface area contributed by atoms with Crippen molar-refractivity contribution < 1.29 is 24.2 Å². The first-order valence-corrected chi connectivity index (χ1v) is 12.4. The molecule has 186 valence electrons. The summed E-state index contributed by atoms with van der Waals surface area (Å²) < 4.78 is 5.62. The van der Waals surface area contributed by atoms with Crippen LogP contribution in [0.2, 0.25) is 0 Å². The van der Waals surface area contributed by atoms with Crippen LogP contribution >= 0.6 is 0 Å². The van der Waals surface area contributed by atoms with E-state index in [0.29, 0.717) is 19.4 Å². The van der Waals surface area contributed by atoms with Crippen molar-refractivity contribution in [2.75, 3.05) is 19.7 Å². The molecule has 2 aromatic rings. The number of rotatable bonds is 7. The van der Waals surface area contributed by atoms with Crippen LogP contribution in [0.15, 0.2) is 48.5 Å². The van der Waals surface area contributed by atoms with E-state index in [2.05, 4.69) is 29.6 Å². The number of piperidine rings is 1. The molecule has 7 heteroatoms. The third kappa shape index (κ3) is 5.19. The van der Waals surface area contributed by atoms with Crippen LogP contribution in [0.4, 0.5) is 4.79 Å². The van der Waals surface area contributed by atoms with Crippen molar-refractivity contribution in [3.63, 3.8) is 0 Å². The number of nitrogens with one attached hydrogen (secondary N) is 1. The molecule has 4 rings (SSSR count). The Morgan fingerprint density at radius 3 is 2.20 bits per heavy atom. The number of carbonyl (C=O) groups is 3. The Hall–Kier alpha value is -3.35. The molecule has 1 heterocycles. The molecule has 0 aromatic heterocycles. The number of alkyl carbamates (subject to hydrolysis) is 1. The van der Waals surface area contributed by atoms with Crippen LogP contribution in [0.3, 0.4) is 0 Å². The van der Waals surface area contributed by atoms with Gasteiger partial charge >= 0.3 is 12.1 Å². The normalized spacial score (nSPS) is 20.2. The molecule has 2 amide bonds. The Balaban J connectivity index is 1.34. The van der Waals surface area contributed by atoms with Crippen molar-refractivity contribution in [3.8, 4) is 11.1 Å². The van der Waals surface area contributed by atoms with Crippen molar-refractivity contribution >= 4 is 18.0 Å². The summed E-state index contributed by atoms with van der Waals surface area (Å²) in [5.41, 5.74) is 4.64. The van der Waals surface area contributed by atoms with Crippen LogP contribution < -0.4 is 5.32 Å². The number of likely N-dealkylation sites (tertiary alicyclic amines) is 1. The molecule has 3 unspecified atom stereocenters. The van der Waals surface area contributed by atoms with Crippen LogP contribution in [0.1, 0.15) is 50.7 Å². The van der Waals surface area contributed by atoms with E-state index < -0.39 is 23.9 Å². The number of amides is 2. The number of benzene rings is 2. The first-order chi connectivity index (χ1) is 16.8. The van der Waals surface area contributed by atoms with Gasteiger partial charge in [0.1, 0.15) is 6.61 Å². The maximum atomic E-state index is 13.3. The second-order valence-corrected chi connectivity index (χ2v) is 10.00. The summed E-state index contributed by atoms with van der Waals surface area (Å²) in [6.07, 6.45) is 0.366. The van der Waals surface area contributed by atoms with Gasteiger partial charge in [-0.15, -0.1) is 0 Å². The fourth-order valence-electron chi connectivity index (χ4n) is 5.39. The molecule has 1 saturated heterocycles. The third-order valence-electron chi connectivity index (χ3n) is 7.44. The minimum Gasteiger partial charge on any atom is -0.481 e. The zero-order valence-corrected chi connectivity index (χ0v) is 20.6. The highest BCUT2D eigenvalue weighted by molar-refractivity contribution is 5.81. The molecule has 2 aliphatic rings. The molecule has 0 saturated carbocycles. The van der Waals surface area contributed by atoms with Crippen molar-refractivity contribution in [1.82, 2.24) is 10.2 Å². The Labute approximate surface area is 206 Å². The third-order valence-corrected chi connectivity index (χ3v) is 7.44. The summed E-state index contributed by atoms with van der Waals surface area (Å²) in [4.78, 5) is 39.0. The predicted molar refractivity (Wildman–Crippen MR) is 133 cm³/mol. The lowest BCUT2D eigenvalue weighted by molar-refractivity contribution is -0.149. The largest absolute Gasteiger partial charge is 0.481 e. The van der Waals surface area contributed by atoms with Crippen molar-refractivity contribution in [1.29, 1.82) is 0 Å². The lowest BCUT2D eigenvalue weighted by atomic mass is 9.88. The zero-order valence-electron chi connectivity index (χ0n) is 20.6. The first kappa shape index (κ1) is 24.8. The number of nitrogens with zero attached hydrogens (tertiary/aromatic N) is 1. The monoisotopic (exact) mass is 478 g/mol. The fourth-order valence-corrected chi connectivity index (χ4v) is 5.39. The minimum absolute atomic E-state index is 0.0146. The maximum absolute atomic E-state index is 13.3. The van der Waals surface area contributed by atoms with E-state index in [1.54, 1.807) is 4.90 Å². The van der Waals surface area contributed by atoms with Gasteiger partial charge in [0, 0.05) is 25.0 Å². The van der Waals surface area contributed by atoms with Gasteiger partial charge in [-0.05, 0) is 47.9 Å². The second-order valence-electron chi connectivity index (χ2n) is 10.00. The quantitative estimate of drug-likeness (QED) is 0.611. The van der Waals surface area contributed by atoms with E-state index in [1.807, 2.05) is 45.0 Å². The van der Waals surface area contributed by atoms with E-state index in [-0.39, 0.29) is 36.9 Å². The van der Waals surface area contributed by atoms with E-state index in [1.165, 1.54) is 11.1 Å². The van der Waals surface area contributed by atoms with Crippen LogP contribution in [-0.2, 0) is 14.3 Å². The van der Waals surface area contributed by atoms with Gasteiger partial charge in [-0.2, -0.15) is 0 Å². The molecule has 2 aromatic carbocycles. The Kier molecular flexibility index (Phi) is 7.43. The second kappa shape index (κ2) is 10.5. The molecular formula is C28H34N2O5. The van der Waals surface area contributed by atoms with Crippen molar-refractivity contribution in [2.24, 2.45) is 17.8 Å². The molecule has 0 radical (unpaired) electrons. The van der Waals surface area contributed by atoms with Gasteiger partial charge < -0.3 is 20.1 Å². The topological polar surface area (TPSA) is 95.9 Å². The predicted octanol–water partition coefficient (Wildman–Crippen LogP) is 4.51. The van der Waals surface area contributed by atoms with Crippen LogP contribution in [0.5, 0.6) is 0 Å². The number of carboxylic acid groups (broad SMARTS) is 1. The first-order valence-electron chi connectivity index (χ1n) is 12.4. The molecule has 7 nitrogen and oxygen atoms in total. The summed E-state index contributed by atoms with van der Waals surface area (Å²) in [6, 6.07) is 16.2. The zero-order chi connectivity index (χ0) is 25.1. The van der Waals surface area contributed by atoms with Gasteiger partial charge in [0.2, 0.25) is 5.91 Å². The average molecular weight is 479 g/mol. The Morgan fingerprint density at radius 2 is 1.66 bits per heavy atom. The standard InChI is InChI=1S/C28H34N2O5/c1-17(2)24(26(31)30-13-12-19(27(32)33)14-18(30)3)15-29-28(34)35-16-25-22-10-6-4-8-20(22)21-9-5-7-11-23(21)25/h4-11,17-19,24-25H,12-16H2,1-3H3,(H,29,34)(H,32,33). The highest BCUT2D eigenvalue weighted by Gasteiger charge is 2.36. The number of hydrogen-bond acceptors (Lipinski definition) is 4. The number of carboxylic acids is 1. The molecule has 0 bridgehead atoms. The summed E-state index contributed by atoms with van der Waals surface area (Å²) in [5.74, 6) is -1.67. The van der Waals surface area contributed by atoms with Gasteiger partial charge in [0.15, 0.2) is 0 Å². The van der Waals surface area contributed by atoms with Gasteiger partial charge in [-0.25, -0.2) is 4.79 Å².